The average molecular weight is 338 g/mol. The van der Waals surface area contributed by atoms with Gasteiger partial charge in [-0.15, -0.1) is 0 Å². The fourth-order valence-electron chi connectivity index (χ4n) is 1.43. The van der Waals surface area contributed by atoms with Crippen LogP contribution in [0.15, 0.2) is 17.3 Å². The molecule has 0 amide bonds. The van der Waals surface area contributed by atoms with Crippen LogP contribution in [0.4, 0.5) is 13.2 Å². The van der Waals surface area contributed by atoms with Crippen LogP contribution in [0, 0.1) is 0 Å². The lowest BCUT2D eigenvalue weighted by Crippen LogP contribution is -2.34. The maximum atomic E-state index is 12.4. The Morgan fingerprint density at radius 3 is 2.55 bits per heavy atom. The number of hydrogen-bond acceptors (Lipinski definition) is 8. The van der Waals surface area contributed by atoms with Crippen LogP contribution in [0.25, 0.3) is 11.0 Å². The highest BCUT2D eigenvalue weighted by atomic mass is 32.2. The van der Waals surface area contributed by atoms with Gasteiger partial charge in [0.2, 0.25) is 0 Å². The number of carbonyl (C=O) groups is 1. The standard InChI is InChI=1S/C9H4F3N3O6S/c10-9(11,12)22(19,20)21-5-3-1-13-2-14-6(3)15-7(16)4(5)8(17)18/h1-2H,(H,17,18)(H,13,14,15,16)/p-1. The molecule has 0 fully saturated rings. The number of carboxylic acid groups (broad SMARTS) is 1. The summed E-state index contributed by atoms with van der Waals surface area (Å²) in [6, 6.07) is 0. The van der Waals surface area contributed by atoms with E-state index in [1.165, 1.54) is 0 Å². The summed E-state index contributed by atoms with van der Waals surface area (Å²) in [6.45, 7) is 0. The van der Waals surface area contributed by atoms with Gasteiger partial charge in [0.05, 0.1) is 11.4 Å². The van der Waals surface area contributed by atoms with E-state index in [1.807, 2.05) is 4.98 Å². The molecule has 9 nitrogen and oxygen atoms in total. The van der Waals surface area contributed by atoms with Crippen LogP contribution in [-0.4, -0.2) is 34.8 Å². The maximum absolute atomic E-state index is 12.4. The molecule has 118 valence electrons. The van der Waals surface area contributed by atoms with Crippen LogP contribution >= 0.6 is 0 Å². The number of hydrogen-bond donors (Lipinski definition) is 1. The Morgan fingerprint density at radius 1 is 1.36 bits per heavy atom. The summed E-state index contributed by atoms with van der Waals surface area (Å²) >= 11 is 0. The molecule has 0 atom stereocenters. The second-order valence-electron chi connectivity index (χ2n) is 3.71. The van der Waals surface area contributed by atoms with Crippen LogP contribution in [0.2, 0.25) is 0 Å². The minimum absolute atomic E-state index is 0.419. The van der Waals surface area contributed by atoms with Crippen LogP contribution < -0.4 is 14.8 Å². The predicted octanol–water partition coefficient (Wildman–Crippen LogP) is -1.09. The van der Waals surface area contributed by atoms with Gasteiger partial charge in [-0.1, -0.05) is 0 Å². The lowest BCUT2D eigenvalue weighted by molar-refractivity contribution is -0.255. The van der Waals surface area contributed by atoms with Crippen molar-refractivity contribution in [1.82, 2.24) is 15.0 Å². The van der Waals surface area contributed by atoms with Gasteiger partial charge in [0.25, 0.3) is 5.56 Å². The molecule has 0 aromatic carbocycles. The monoisotopic (exact) mass is 338 g/mol. The molecule has 0 aliphatic heterocycles. The van der Waals surface area contributed by atoms with Crippen molar-refractivity contribution in [3.63, 3.8) is 0 Å². The molecular weight excluding hydrogens is 335 g/mol. The van der Waals surface area contributed by atoms with Gasteiger partial charge in [-0.05, 0) is 0 Å². The van der Waals surface area contributed by atoms with E-state index in [0.717, 1.165) is 12.5 Å². The van der Waals surface area contributed by atoms with Crippen molar-refractivity contribution < 1.29 is 35.7 Å². The molecule has 2 aromatic rings. The minimum Gasteiger partial charge on any atom is -0.544 e. The molecule has 0 saturated carbocycles. The zero-order chi connectivity index (χ0) is 16.7. The van der Waals surface area contributed by atoms with Crippen molar-refractivity contribution in [2.24, 2.45) is 0 Å². The summed E-state index contributed by atoms with van der Waals surface area (Å²) in [6.07, 6.45) is 1.66. The smallest absolute Gasteiger partial charge is 0.534 e. The number of halogens is 3. The van der Waals surface area contributed by atoms with Gasteiger partial charge in [-0.2, -0.15) is 21.6 Å². The third kappa shape index (κ3) is 2.57. The van der Waals surface area contributed by atoms with Crippen LogP contribution in [0.5, 0.6) is 5.75 Å². The number of aromatic nitrogens is 3. The fraction of sp³-hybridized carbons (Fsp3) is 0.111. The van der Waals surface area contributed by atoms with Crippen molar-refractivity contribution in [3.05, 3.63) is 28.4 Å². The van der Waals surface area contributed by atoms with E-state index in [2.05, 4.69) is 14.2 Å². The molecule has 0 bridgehead atoms. The SMILES string of the molecule is O=C([O-])c1c(OS(=O)(=O)C(F)(F)F)c2cncnc2[nH]c1=O. The summed E-state index contributed by atoms with van der Waals surface area (Å²) in [4.78, 5) is 31.2. The lowest BCUT2D eigenvalue weighted by atomic mass is 10.2. The number of pyridine rings is 1. The Kier molecular flexibility index (Phi) is 3.52. The number of H-pyrrole nitrogens is 1. The van der Waals surface area contributed by atoms with Gasteiger partial charge in [0, 0.05) is 6.20 Å². The summed E-state index contributed by atoms with van der Waals surface area (Å²) in [5.74, 6) is -3.61. The van der Waals surface area contributed by atoms with Crippen molar-refractivity contribution in [3.8, 4) is 5.75 Å². The minimum atomic E-state index is -6.21. The molecule has 2 rings (SSSR count). The Morgan fingerprint density at radius 2 is 2.00 bits per heavy atom. The topological polar surface area (TPSA) is 142 Å². The third-order valence-electron chi connectivity index (χ3n) is 2.32. The highest BCUT2D eigenvalue weighted by Crippen LogP contribution is 2.31. The number of aromatic amines is 1. The van der Waals surface area contributed by atoms with Crippen molar-refractivity contribution in [1.29, 1.82) is 0 Å². The molecular formula is C9H3F3N3O6S-. The lowest BCUT2D eigenvalue weighted by Gasteiger charge is -2.14. The molecule has 2 heterocycles. The number of fused-ring (bicyclic) bond motifs is 1. The van der Waals surface area contributed by atoms with E-state index in [0.29, 0.717) is 0 Å². The number of nitrogens with zero attached hydrogens (tertiary/aromatic N) is 2. The quantitative estimate of drug-likeness (QED) is 0.549. The van der Waals surface area contributed by atoms with Crippen molar-refractivity contribution in [2.75, 3.05) is 0 Å². The molecule has 2 aromatic heterocycles. The zero-order valence-corrected chi connectivity index (χ0v) is 10.9. The highest BCUT2D eigenvalue weighted by molar-refractivity contribution is 7.88. The number of carbonyl (C=O) groups excluding carboxylic acids is 1. The third-order valence-corrected chi connectivity index (χ3v) is 3.28. The molecule has 22 heavy (non-hydrogen) atoms. The molecule has 0 unspecified atom stereocenters. The van der Waals surface area contributed by atoms with Gasteiger partial charge >= 0.3 is 15.6 Å². The van der Waals surface area contributed by atoms with Crippen molar-refractivity contribution in [2.45, 2.75) is 5.51 Å². The number of rotatable bonds is 3. The number of nitrogens with one attached hydrogen (secondary N) is 1. The van der Waals surface area contributed by atoms with Crippen molar-refractivity contribution >= 4 is 27.1 Å². The number of aromatic carboxylic acids is 1. The highest BCUT2D eigenvalue weighted by Gasteiger charge is 2.49. The molecule has 0 aliphatic rings. The molecule has 0 spiro atoms. The van der Waals surface area contributed by atoms with E-state index in [-0.39, 0.29) is 0 Å². The normalized spacial score (nSPS) is 12.3. The Labute approximate surface area is 118 Å². The molecule has 0 radical (unpaired) electrons. The van der Waals surface area contributed by atoms with E-state index >= 15 is 0 Å². The molecule has 1 N–H and O–H groups in total. The average Bonchev–Trinajstić information content (AvgIpc) is 2.36. The molecule has 0 saturated heterocycles. The van der Waals surface area contributed by atoms with Gasteiger partial charge in [-0.3, -0.25) is 4.79 Å². The summed E-state index contributed by atoms with van der Waals surface area (Å²) in [5, 5.41) is 10.3. The molecule has 0 aliphatic carbocycles. The van der Waals surface area contributed by atoms with Crippen LogP contribution in [0.1, 0.15) is 10.4 Å². The van der Waals surface area contributed by atoms with Crippen LogP contribution in [-0.2, 0) is 10.1 Å². The Bertz CT molecular complexity index is 920. The first-order valence-electron chi connectivity index (χ1n) is 5.12. The van der Waals surface area contributed by atoms with Gasteiger partial charge in [0.15, 0.2) is 5.75 Å². The largest absolute Gasteiger partial charge is 0.544 e. The summed E-state index contributed by atoms with van der Waals surface area (Å²) in [5.41, 5.74) is -9.13. The Balaban J connectivity index is 2.84. The van der Waals surface area contributed by atoms with E-state index in [1.54, 1.807) is 0 Å². The van der Waals surface area contributed by atoms with E-state index in [4.69, 9.17) is 0 Å². The predicted molar refractivity (Wildman–Crippen MR) is 60.1 cm³/mol. The van der Waals surface area contributed by atoms with Gasteiger partial charge in [0.1, 0.15) is 17.5 Å². The number of carboxylic acids is 1. The van der Waals surface area contributed by atoms with E-state index < -0.39 is 49.5 Å². The second-order valence-corrected chi connectivity index (χ2v) is 5.25. The Hall–Kier alpha value is -2.70. The maximum Gasteiger partial charge on any atom is 0.534 e. The number of alkyl halides is 3. The van der Waals surface area contributed by atoms with Gasteiger partial charge in [-0.25, -0.2) is 9.97 Å². The van der Waals surface area contributed by atoms with Gasteiger partial charge < -0.3 is 19.1 Å². The second kappa shape index (κ2) is 4.94. The van der Waals surface area contributed by atoms with E-state index in [9.17, 15) is 36.3 Å². The first-order chi connectivity index (χ1) is 10.0. The zero-order valence-electron chi connectivity index (χ0n) is 10.0. The first kappa shape index (κ1) is 15.7. The first-order valence-corrected chi connectivity index (χ1v) is 6.53. The summed E-state index contributed by atoms with van der Waals surface area (Å²) in [7, 11) is -6.21. The fourth-order valence-corrected chi connectivity index (χ4v) is 1.92. The molecule has 13 heteroatoms. The summed E-state index contributed by atoms with van der Waals surface area (Å²) < 4.78 is 62.9. The van der Waals surface area contributed by atoms with Crippen LogP contribution in [0.3, 0.4) is 0 Å².